The van der Waals surface area contributed by atoms with E-state index >= 15 is 0 Å². The van der Waals surface area contributed by atoms with E-state index in [0.29, 0.717) is 29.1 Å². The fourth-order valence-corrected chi connectivity index (χ4v) is 2.94. The number of aromatic nitrogens is 2. The molecule has 2 aromatic rings. The van der Waals surface area contributed by atoms with Crippen molar-refractivity contribution in [3.63, 3.8) is 0 Å². The molecule has 5 nitrogen and oxygen atoms in total. The van der Waals surface area contributed by atoms with Crippen molar-refractivity contribution in [3.05, 3.63) is 40.8 Å². The Labute approximate surface area is 131 Å². The fourth-order valence-electron chi connectivity index (χ4n) is 2.72. The van der Waals surface area contributed by atoms with Crippen LogP contribution >= 0.6 is 11.6 Å². The van der Waals surface area contributed by atoms with Crippen LogP contribution in [0.25, 0.3) is 0 Å². The van der Waals surface area contributed by atoms with Gasteiger partial charge in [-0.3, -0.25) is 4.79 Å². The van der Waals surface area contributed by atoms with Crippen molar-refractivity contribution in [2.24, 2.45) is 0 Å². The second-order valence-corrected chi connectivity index (χ2v) is 6.17. The Morgan fingerprint density at radius 3 is 2.91 bits per heavy atom. The molecule has 1 aromatic carbocycles. The van der Waals surface area contributed by atoms with Gasteiger partial charge in [-0.25, -0.2) is 4.39 Å². The summed E-state index contributed by atoms with van der Waals surface area (Å²) in [5, 5.41) is 4.32. The molecule has 0 bridgehead atoms. The Kier molecular flexibility index (Phi) is 3.14. The minimum atomic E-state index is -0.426. The molecule has 1 saturated carbocycles. The summed E-state index contributed by atoms with van der Waals surface area (Å²) in [6, 6.07) is 3.99. The van der Waals surface area contributed by atoms with Gasteiger partial charge in [0.25, 0.3) is 0 Å². The van der Waals surface area contributed by atoms with E-state index in [1.54, 1.807) is 0 Å². The van der Waals surface area contributed by atoms with Crippen molar-refractivity contribution in [2.45, 2.75) is 31.1 Å². The maximum absolute atomic E-state index is 13.4. The third kappa shape index (κ3) is 2.37. The van der Waals surface area contributed by atoms with Crippen molar-refractivity contribution >= 4 is 23.2 Å². The standard InChI is InChI=1S/C15H13ClFN3O2/c16-11-4-3-10(17)6-12(11)20-7-9(5-13(20)21)15-18-14(19-22-15)8-1-2-8/h3-4,6,8-9H,1-2,5,7H2. The number of carbonyl (C=O) groups is 1. The molecule has 22 heavy (non-hydrogen) atoms. The first-order valence-corrected chi connectivity index (χ1v) is 7.58. The summed E-state index contributed by atoms with van der Waals surface area (Å²) in [5.74, 6) is 0.887. The highest BCUT2D eigenvalue weighted by Gasteiger charge is 2.37. The van der Waals surface area contributed by atoms with E-state index in [2.05, 4.69) is 10.1 Å². The molecule has 0 N–H and O–H groups in total. The van der Waals surface area contributed by atoms with E-state index in [9.17, 15) is 9.18 Å². The van der Waals surface area contributed by atoms with Crippen LogP contribution in [-0.4, -0.2) is 22.6 Å². The van der Waals surface area contributed by atoms with Gasteiger partial charge in [0.1, 0.15) is 5.82 Å². The topological polar surface area (TPSA) is 59.2 Å². The number of nitrogens with zero attached hydrogens (tertiary/aromatic N) is 3. The molecular weight excluding hydrogens is 309 g/mol. The van der Waals surface area contributed by atoms with E-state index < -0.39 is 5.82 Å². The molecule has 7 heteroatoms. The summed E-state index contributed by atoms with van der Waals surface area (Å²) in [6.45, 7) is 0.369. The quantitative estimate of drug-likeness (QED) is 0.870. The smallest absolute Gasteiger partial charge is 0.232 e. The number of anilines is 1. The molecule has 1 unspecified atom stereocenters. The molecule has 2 heterocycles. The predicted molar refractivity (Wildman–Crippen MR) is 77.4 cm³/mol. The van der Waals surface area contributed by atoms with Gasteiger partial charge in [-0.05, 0) is 31.0 Å². The van der Waals surface area contributed by atoms with Crippen molar-refractivity contribution in [2.75, 3.05) is 11.4 Å². The van der Waals surface area contributed by atoms with Gasteiger partial charge in [0.2, 0.25) is 11.8 Å². The first-order valence-electron chi connectivity index (χ1n) is 7.20. The zero-order valence-electron chi connectivity index (χ0n) is 11.6. The number of rotatable bonds is 3. The summed E-state index contributed by atoms with van der Waals surface area (Å²) < 4.78 is 18.7. The van der Waals surface area contributed by atoms with Gasteiger partial charge in [0.15, 0.2) is 5.82 Å². The maximum atomic E-state index is 13.4. The molecule has 1 aliphatic heterocycles. The molecule has 1 aromatic heterocycles. The zero-order chi connectivity index (χ0) is 15.3. The van der Waals surface area contributed by atoms with Gasteiger partial charge in [0.05, 0.1) is 16.6 Å². The highest BCUT2D eigenvalue weighted by atomic mass is 35.5. The summed E-state index contributed by atoms with van der Waals surface area (Å²) in [7, 11) is 0. The van der Waals surface area contributed by atoms with Crippen molar-refractivity contribution in [3.8, 4) is 0 Å². The Morgan fingerprint density at radius 1 is 1.32 bits per heavy atom. The highest BCUT2D eigenvalue weighted by molar-refractivity contribution is 6.33. The van der Waals surface area contributed by atoms with Gasteiger partial charge < -0.3 is 9.42 Å². The molecule has 1 amide bonds. The van der Waals surface area contributed by atoms with E-state index in [-0.39, 0.29) is 18.2 Å². The van der Waals surface area contributed by atoms with Crippen LogP contribution in [0.15, 0.2) is 22.7 Å². The molecular formula is C15H13ClFN3O2. The molecule has 114 valence electrons. The lowest BCUT2D eigenvalue weighted by molar-refractivity contribution is -0.117. The van der Waals surface area contributed by atoms with Crippen molar-refractivity contribution in [1.82, 2.24) is 10.1 Å². The van der Waals surface area contributed by atoms with Crippen LogP contribution in [0, 0.1) is 5.82 Å². The molecule has 2 fully saturated rings. The van der Waals surface area contributed by atoms with E-state index in [1.165, 1.54) is 23.1 Å². The van der Waals surface area contributed by atoms with Gasteiger partial charge in [0, 0.05) is 18.9 Å². The van der Waals surface area contributed by atoms with Crippen molar-refractivity contribution in [1.29, 1.82) is 0 Å². The summed E-state index contributed by atoms with van der Waals surface area (Å²) in [6.07, 6.45) is 2.44. The van der Waals surface area contributed by atoms with Crippen LogP contribution < -0.4 is 4.90 Å². The summed E-state index contributed by atoms with van der Waals surface area (Å²) >= 11 is 6.08. The van der Waals surface area contributed by atoms with Gasteiger partial charge >= 0.3 is 0 Å². The third-order valence-corrected chi connectivity index (χ3v) is 4.39. The minimum Gasteiger partial charge on any atom is -0.339 e. The van der Waals surface area contributed by atoms with Crippen LogP contribution in [0.2, 0.25) is 5.02 Å². The first kappa shape index (κ1) is 13.7. The lowest BCUT2D eigenvalue weighted by Gasteiger charge is -2.17. The third-order valence-electron chi connectivity index (χ3n) is 4.07. The molecule has 0 spiro atoms. The Hall–Kier alpha value is -1.95. The Morgan fingerprint density at radius 2 is 2.14 bits per heavy atom. The fraction of sp³-hybridized carbons (Fsp3) is 0.400. The zero-order valence-corrected chi connectivity index (χ0v) is 12.4. The van der Waals surface area contributed by atoms with Crippen LogP contribution in [0.3, 0.4) is 0 Å². The van der Waals surface area contributed by atoms with Crippen LogP contribution in [0.1, 0.15) is 42.8 Å². The second kappa shape index (κ2) is 5.05. The van der Waals surface area contributed by atoms with Crippen LogP contribution in [-0.2, 0) is 4.79 Å². The molecule has 1 saturated heterocycles. The maximum Gasteiger partial charge on any atom is 0.232 e. The van der Waals surface area contributed by atoms with Crippen molar-refractivity contribution < 1.29 is 13.7 Å². The molecule has 0 radical (unpaired) electrons. The largest absolute Gasteiger partial charge is 0.339 e. The lowest BCUT2D eigenvalue weighted by atomic mass is 10.1. The number of hydrogen-bond acceptors (Lipinski definition) is 4. The summed E-state index contributed by atoms with van der Waals surface area (Å²) in [5.41, 5.74) is 0.385. The van der Waals surface area contributed by atoms with Gasteiger partial charge in [-0.2, -0.15) is 4.98 Å². The number of benzene rings is 1. The molecule has 2 aliphatic rings. The van der Waals surface area contributed by atoms with E-state index in [1.807, 2.05) is 0 Å². The average molecular weight is 322 g/mol. The van der Waals surface area contributed by atoms with Gasteiger partial charge in [-0.1, -0.05) is 16.8 Å². The Bertz CT molecular complexity index is 744. The number of carbonyl (C=O) groups excluding carboxylic acids is 1. The van der Waals surface area contributed by atoms with Crippen LogP contribution in [0.5, 0.6) is 0 Å². The molecule has 4 rings (SSSR count). The average Bonchev–Trinajstić information content (AvgIpc) is 3.10. The predicted octanol–water partition coefficient (Wildman–Crippen LogP) is 3.26. The highest BCUT2D eigenvalue weighted by Crippen LogP contribution is 2.40. The lowest BCUT2D eigenvalue weighted by Crippen LogP contribution is -2.24. The Balaban J connectivity index is 1.58. The van der Waals surface area contributed by atoms with Crippen LogP contribution in [0.4, 0.5) is 10.1 Å². The normalized spacial score (nSPS) is 21.6. The molecule has 1 aliphatic carbocycles. The molecule has 1 atom stereocenters. The first-order chi connectivity index (χ1) is 10.6. The minimum absolute atomic E-state index is 0.122. The number of halogens is 2. The second-order valence-electron chi connectivity index (χ2n) is 5.77. The number of amides is 1. The van der Waals surface area contributed by atoms with E-state index in [4.69, 9.17) is 16.1 Å². The monoisotopic (exact) mass is 321 g/mol. The SMILES string of the molecule is O=C1CC(c2nc(C3CC3)no2)CN1c1cc(F)ccc1Cl. The van der Waals surface area contributed by atoms with Gasteiger partial charge in [-0.15, -0.1) is 0 Å². The van der Waals surface area contributed by atoms with E-state index in [0.717, 1.165) is 18.7 Å². The summed E-state index contributed by atoms with van der Waals surface area (Å²) in [4.78, 5) is 18.1. The number of hydrogen-bond donors (Lipinski definition) is 0.